The summed E-state index contributed by atoms with van der Waals surface area (Å²) < 4.78 is 17.6. The molecule has 3 aromatic rings. The molecule has 1 heterocycles. The van der Waals surface area contributed by atoms with Gasteiger partial charge in [-0.3, -0.25) is 4.98 Å². The summed E-state index contributed by atoms with van der Waals surface area (Å²) in [6.45, 7) is 0.447. The fraction of sp³-hybridized carbons (Fsp3) is 0.211. The predicted molar refractivity (Wildman–Crippen MR) is 96.5 cm³/mol. The van der Waals surface area contributed by atoms with Crippen molar-refractivity contribution >= 4 is 19.6 Å². The summed E-state index contributed by atoms with van der Waals surface area (Å²) in [5.74, 6) is 0. The second-order valence-corrected chi connectivity index (χ2v) is 8.38. The number of rotatable bonds is 7. The third-order valence-electron chi connectivity index (χ3n) is 4.10. The largest absolute Gasteiger partial charge is 0.505 e. The summed E-state index contributed by atoms with van der Waals surface area (Å²) in [5.41, 5.74) is 2.25. The minimum Gasteiger partial charge on any atom is -0.377 e. The van der Waals surface area contributed by atoms with Gasteiger partial charge in [0.25, 0.3) is 0 Å². The SMILES string of the molecule is CO[Si](Cc1ccccc1)(OC)OCc1cccc2cnccc12. The van der Waals surface area contributed by atoms with Crippen molar-refractivity contribution in [1.29, 1.82) is 0 Å². The molecule has 24 heavy (non-hydrogen) atoms. The minimum atomic E-state index is -2.77. The van der Waals surface area contributed by atoms with Crippen molar-refractivity contribution in [3.63, 3.8) is 0 Å². The Hall–Kier alpha value is -2.05. The highest BCUT2D eigenvalue weighted by Gasteiger charge is 2.39. The lowest BCUT2D eigenvalue weighted by Gasteiger charge is -2.26. The molecule has 0 bridgehead atoms. The molecule has 0 unspecified atom stereocenters. The Labute approximate surface area is 143 Å². The smallest absolute Gasteiger partial charge is 0.377 e. The maximum atomic E-state index is 6.20. The summed E-state index contributed by atoms with van der Waals surface area (Å²) >= 11 is 0. The van der Waals surface area contributed by atoms with Gasteiger partial charge in [0.05, 0.1) is 6.61 Å². The van der Waals surface area contributed by atoms with Gasteiger partial charge in [-0.2, -0.15) is 0 Å². The molecule has 0 aliphatic carbocycles. The van der Waals surface area contributed by atoms with Crippen molar-refractivity contribution < 1.29 is 13.3 Å². The zero-order chi connectivity index (χ0) is 16.8. The molecule has 0 amide bonds. The Balaban J connectivity index is 1.81. The lowest BCUT2D eigenvalue weighted by Crippen LogP contribution is -2.46. The second kappa shape index (κ2) is 7.68. The van der Waals surface area contributed by atoms with Crippen LogP contribution in [0.1, 0.15) is 11.1 Å². The van der Waals surface area contributed by atoms with E-state index in [1.54, 1.807) is 20.4 Å². The van der Waals surface area contributed by atoms with Crippen LogP contribution in [0, 0.1) is 0 Å². The molecule has 0 saturated heterocycles. The van der Waals surface area contributed by atoms with E-state index >= 15 is 0 Å². The summed E-state index contributed by atoms with van der Waals surface area (Å²) in [4.78, 5) is 4.17. The van der Waals surface area contributed by atoms with Crippen LogP contribution in [-0.4, -0.2) is 28.0 Å². The maximum Gasteiger partial charge on any atom is 0.505 e. The highest BCUT2D eigenvalue weighted by Crippen LogP contribution is 2.22. The third kappa shape index (κ3) is 3.71. The molecule has 0 N–H and O–H groups in total. The fourth-order valence-electron chi connectivity index (χ4n) is 2.75. The van der Waals surface area contributed by atoms with Crippen LogP contribution in [0.4, 0.5) is 0 Å². The molecule has 0 aliphatic rings. The van der Waals surface area contributed by atoms with E-state index in [-0.39, 0.29) is 0 Å². The van der Waals surface area contributed by atoms with E-state index < -0.39 is 8.80 Å². The van der Waals surface area contributed by atoms with E-state index in [1.165, 1.54) is 0 Å². The normalized spacial score (nSPS) is 11.8. The quantitative estimate of drug-likeness (QED) is 0.615. The molecule has 0 radical (unpaired) electrons. The third-order valence-corrected chi connectivity index (χ3v) is 6.77. The van der Waals surface area contributed by atoms with Crippen molar-refractivity contribution in [2.75, 3.05) is 14.2 Å². The zero-order valence-electron chi connectivity index (χ0n) is 13.9. The summed E-state index contributed by atoms with van der Waals surface area (Å²) in [5, 5.41) is 2.24. The van der Waals surface area contributed by atoms with Crippen LogP contribution < -0.4 is 0 Å². The van der Waals surface area contributed by atoms with Crippen LogP contribution in [0.2, 0.25) is 0 Å². The predicted octanol–water partition coefficient (Wildman–Crippen LogP) is 3.77. The Morgan fingerprint density at radius 2 is 1.71 bits per heavy atom. The summed E-state index contributed by atoms with van der Waals surface area (Å²) in [6, 6.07) is 18.9. The van der Waals surface area contributed by atoms with Crippen molar-refractivity contribution in [3.8, 4) is 0 Å². The standard InChI is InChI=1S/C19H21NO3Si/c1-21-24(22-2,15-16-7-4-3-5-8-16)23-14-18-10-6-9-17-13-20-12-11-19(17)18/h3-13H,14-15H2,1-2H3. The summed E-state index contributed by atoms with van der Waals surface area (Å²) in [6.07, 6.45) is 3.66. The number of benzene rings is 2. The highest BCUT2D eigenvalue weighted by atomic mass is 28.4. The molecular weight excluding hydrogens is 318 g/mol. The van der Waals surface area contributed by atoms with Gasteiger partial charge in [0.2, 0.25) is 0 Å². The number of hydrogen-bond acceptors (Lipinski definition) is 4. The van der Waals surface area contributed by atoms with Gasteiger partial charge >= 0.3 is 8.80 Å². The van der Waals surface area contributed by atoms with Gasteiger partial charge in [-0.05, 0) is 22.6 Å². The van der Waals surface area contributed by atoms with Gasteiger partial charge in [-0.25, -0.2) is 0 Å². The molecular formula is C19H21NO3Si. The maximum absolute atomic E-state index is 6.20. The molecule has 3 rings (SSSR count). The minimum absolute atomic E-state index is 0.447. The molecule has 0 saturated carbocycles. The highest BCUT2D eigenvalue weighted by molar-refractivity contribution is 6.60. The molecule has 0 aliphatic heterocycles. The average molecular weight is 339 g/mol. The van der Waals surface area contributed by atoms with Gasteiger partial charge in [-0.15, -0.1) is 0 Å². The molecule has 4 nitrogen and oxygen atoms in total. The Morgan fingerprint density at radius 3 is 2.46 bits per heavy atom. The van der Waals surface area contributed by atoms with Crippen LogP contribution in [0.3, 0.4) is 0 Å². The fourth-order valence-corrected chi connectivity index (χ4v) is 4.65. The van der Waals surface area contributed by atoms with Crippen LogP contribution in [-0.2, 0) is 25.9 Å². The Bertz CT molecular complexity index is 785. The molecule has 0 fully saturated rings. The van der Waals surface area contributed by atoms with E-state index in [0.29, 0.717) is 12.7 Å². The Kier molecular flexibility index (Phi) is 5.37. The van der Waals surface area contributed by atoms with Crippen molar-refractivity contribution in [3.05, 3.63) is 78.1 Å². The van der Waals surface area contributed by atoms with Gasteiger partial charge in [0, 0.05) is 38.0 Å². The molecule has 0 spiro atoms. The van der Waals surface area contributed by atoms with Crippen molar-refractivity contribution in [2.45, 2.75) is 12.7 Å². The Morgan fingerprint density at radius 1 is 0.917 bits per heavy atom. The average Bonchev–Trinajstić information content (AvgIpc) is 2.66. The molecule has 124 valence electrons. The van der Waals surface area contributed by atoms with Gasteiger partial charge in [0.15, 0.2) is 0 Å². The lowest BCUT2D eigenvalue weighted by molar-refractivity contribution is 0.0908. The molecule has 1 aromatic heterocycles. The van der Waals surface area contributed by atoms with Crippen LogP contribution in [0.25, 0.3) is 10.8 Å². The van der Waals surface area contributed by atoms with Crippen LogP contribution in [0.5, 0.6) is 0 Å². The van der Waals surface area contributed by atoms with E-state index in [9.17, 15) is 0 Å². The first kappa shape index (κ1) is 16.8. The topological polar surface area (TPSA) is 40.6 Å². The van der Waals surface area contributed by atoms with E-state index in [2.05, 4.69) is 23.2 Å². The van der Waals surface area contributed by atoms with Crippen molar-refractivity contribution in [2.24, 2.45) is 0 Å². The van der Waals surface area contributed by atoms with Crippen molar-refractivity contribution in [1.82, 2.24) is 4.98 Å². The molecule has 0 atom stereocenters. The first-order chi connectivity index (χ1) is 11.8. The second-order valence-electron chi connectivity index (χ2n) is 5.56. The first-order valence-corrected chi connectivity index (χ1v) is 9.79. The van der Waals surface area contributed by atoms with Crippen LogP contribution >= 0.6 is 0 Å². The zero-order valence-corrected chi connectivity index (χ0v) is 14.9. The first-order valence-electron chi connectivity index (χ1n) is 7.86. The van der Waals surface area contributed by atoms with Crippen LogP contribution in [0.15, 0.2) is 67.0 Å². The lowest BCUT2D eigenvalue weighted by atomic mass is 10.1. The summed E-state index contributed by atoms with van der Waals surface area (Å²) in [7, 11) is 0.547. The van der Waals surface area contributed by atoms with E-state index in [0.717, 1.165) is 21.9 Å². The van der Waals surface area contributed by atoms with Gasteiger partial charge < -0.3 is 13.3 Å². The van der Waals surface area contributed by atoms with E-state index in [4.69, 9.17) is 13.3 Å². The number of aromatic nitrogens is 1. The van der Waals surface area contributed by atoms with E-state index in [1.807, 2.05) is 42.6 Å². The molecule has 5 heteroatoms. The van der Waals surface area contributed by atoms with Gasteiger partial charge in [-0.1, -0.05) is 48.5 Å². The number of hydrogen-bond donors (Lipinski definition) is 0. The molecule has 2 aromatic carbocycles. The number of nitrogens with zero attached hydrogens (tertiary/aromatic N) is 1. The number of fused-ring (bicyclic) bond motifs is 1. The number of pyridine rings is 1. The monoisotopic (exact) mass is 339 g/mol. The van der Waals surface area contributed by atoms with Gasteiger partial charge in [0.1, 0.15) is 0 Å².